The van der Waals surface area contributed by atoms with Gasteiger partial charge in [0.1, 0.15) is 0 Å². The molecule has 0 radical (unpaired) electrons. The van der Waals surface area contributed by atoms with Gasteiger partial charge >= 0.3 is 0 Å². The first-order valence-corrected chi connectivity index (χ1v) is 3.95. The molecule has 1 heterocycles. The number of nitrogens with one attached hydrogen (secondary N) is 1. The van der Waals surface area contributed by atoms with Crippen molar-refractivity contribution in [2.24, 2.45) is 0 Å². The molecule has 0 atom stereocenters. The Bertz CT molecular complexity index is 282. The molecule has 4 nitrogen and oxygen atoms in total. The van der Waals surface area contributed by atoms with Crippen molar-refractivity contribution in [1.29, 1.82) is 0 Å². The van der Waals surface area contributed by atoms with Gasteiger partial charge in [0, 0.05) is 17.8 Å². The largest absolute Gasteiger partial charge is 0.481 e. The molecule has 0 aliphatic rings. The zero-order valence-corrected chi connectivity index (χ0v) is 7.70. The highest BCUT2D eigenvalue weighted by atomic mass is 16.5. The van der Waals surface area contributed by atoms with Crippen molar-refractivity contribution in [3.05, 3.63) is 23.9 Å². The molecule has 1 aromatic rings. The Morgan fingerprint density at radius 1 is 1.62 bits per heavy atom. The molecule has 1 rings (SSSR count). The second-order valence-corrected chi connectivity index (χ2v) is 2.54. The maximum atomic E-state index is 11.3. The first-order valence-electron chi connectivity index (χ1n) is 3.95. The molecule has 4 heteroatoms. The number of hydrogen-bond acceptors (Lipinski definition) is 4. The predicted molar refractivity (Wildman–Crippen MR) is 49.0 cm³/mol. The summed E-state index contributed by atoms with van der Waals surface area (Å²) in [6.45, 7) is 0.327. The molecule has 70 valence electrons. The fraction of sp³-hybridized carbons (Fsp3) is 0.333. The molecular weight excluding hydrogens is 168 g/mol. The normalized spacial score (nSPS) is 9.69. The second kappa shape index (κ2) is 4.57. The van der Waals surface area contributed by atoms with E-state index in [0.29, 0.717) is 18.0 Å². The maximum absolute atomic E-state index is 11.3. The number of nitrogens with zero attached hydrogens (tertiary/aromatic N) is 1. The lowest BCUT2D eigenvalue weighted by Gasteiger charge is -2.00. The molecule has 0 aliphatic heterocycles. The number of Topliss-reactive ketones (excluding diaryl/α,β-unsaturated/α-hetero) is 1. The Morgan fingerprint density at radius 2 is 2.38 bits per heavy atom. The molecule has 0 bridgehead atoms. The molecule has 0 spiro atoms. The third kappa shape index (κ3) is 2.52. The number of carbonyl (C=O) groups is 1. The van der Waals surface area contributed by atoms with Crippen LogP contribution in [0.3, 0.4) is 0 Å². The van der Waals surface area contributed by atoms with Gasteiger partial charge in [0.2, 0.25) is 5.88 Å². The molecule has 1 aromatic heterocycles. The van der Waals surface area contributed by atoms with E-state index >= 15 is 0 Å². The molecular formula is C9H12N2O2. The van der Waals surface area contributed by atoms with Crippen LogP contribution in [0.4, 0.5) is 0 Å². The van der Waals surface area contributed by atoms with Crippen LogP contribution in [0, 0.1) is 0 Å². The Morgan fingerprint density at radius 3 is 2.85 bits per heavy atom. The van der Waals surface area contributed by atoms with Crippen LogP contribution >= 0.6 is 0 Å². The highest BCUT2D eigenvalue weighted by Crippen LogP contribution is 2.06. The topological polar surface area (TPSA) is 51.2 Å². The number of methoxy groups -OCH3 is 1. The highest BCUT2D eigenvalue weighted by molar-refractivity contribution is 5.97. The minimum atomic E-state index is 0.0256. The summed E-state index contributed by atoms with van der Waals surface area (Å²) in [6.07, 6.45) is 1.51. The van der Waals surface area contributed by atoms with Gasteiger partial charge in [-0.2, -0.15) is 0 Å². The highest BCUT2D eigenvalue weighted by Gasteiger charge is 2.04. The van der Waals surface area contributed by atoms with Crippen molar-refractivity contribution >= 4 is 5.78 Å². The van der Waals surface area contributed by atoms with Crippen molar-refractivity contribution < 1.29 is 9.53 Å². The Labute approximate surface area is 76.9 Å². The summed E-state index contributed by atoms with van der Waals surface area (Å²) in [5, 5.41) is 2.79. The molecule has 0 amide bonds. The number of hydrogen-bond donors (Lipinski definition) is 1. The van der Waals surface area contributed by atoms with Gasteiger partial charge in [0.25, 0.3) is 0 Å². The van der Waals surface area contributed by atoms with Gasteiger partial charge in [-0.05, 0) is 13.1 Å². The lowest BCUT2D eigenvalue weighted by atomic mass is 10.2. The standard InChI is InChI=1S/C9H12N2O2/c1-10-6-8(12)7-3-4-9(13-2)11-5-7/h3-5,10H,6H2,1-2H3. The maximum Gasteiger partial charge on any atom is 0.212 e. The Hall–Kier alpha value is -1.42. The van der Waals surface area contributed by atoms with E-state index in [1.54, 1.807) is 19.2 Å². The summed E-state index contributed by atoms with van der Waals surface area (Å²) in [5.74, 6) is 0.540. The minimum absolute atomic E-state index is 0.0256. The number of ether oxygens (including phenoxy) is 1. The van der Waals surface area contributed by atoms with Crippen LogP contribution in [0.25, 0.3) is 0 Å². The lowest BCUT2D eigenvalue weighted by Crippen LogP contribution is -2.18. The van der Waals surface area contributed by atoms with Crippen LogP contribution in [-0.4, -0.2) is 31.5 Å². The van der Waals surface area contributed by atoms with E-state index in [4.69, 9.17) is 4.74 Å². The zero-order valence-electron chi connectivity index (χ0n) is 7.70. The molecule has 1 N–H and O–H groups in total. The van der Waals surface area contributed by atoms with Crippen LogP contribution in [0.5, 0.6) is 5.88 Å². The average molecular weight is 180 g/mol. The molecule has 0 unspecified atom stereocenters. The summed E-state index contributed by atoms with van der Waals surface area (Å²) in [7, 11) is 3.27. The van der Waals surface area contributed by atoms with E-state index < -0.39 is 0 Å². The molecule has 0 aromatic carbocycles. The number of aromatic nitrogens is 1. The molecule has 0 saturated heterocycles. The van der Waals surface area contributed by atoms with Crippen molar-refractivity contribution in [3.63, 3.8) is 0 Å². The van der Waals surface area contributed by atoms with E-state index in [9.17, 15) is 4.79 Å². The van der Waals surface area contributed by atoms with Crippen LogP contribution in [0.2, 0.25) is 0 Å². The van der Waals surface area contributed by atoms with E-state index in [1.807, 2.05) is 0 Å². The quantitative estimate of drug-likeness (QED) is 0.685. The van der Waals surface area contributed by atoms with Crippen LogP contribution in [0.1, 0.15) is 10.4 Å². The Kier molecular flexibility index (Phi) is 3.40. The van der Waals surface area contributed by atoms with Gasteiger partial charge in [0.15, 0.2) is 5.78 Å². The number of rotatable bonds is 4. The predicted octanol–water partition coefficient (Wildman–Crippen LogP) is 0.492. The third-order valence-corrected chi connectivity index (χ3v) is 1.60. The van der Waals surface area contributed by atoms with Crippen LogP contribution in [-0.2, 0) is 0 Å². The number of likely N-dealkylation sites (N-methyl/N-ethyl adjacent to an activating group) is 1. The van der Waals surface area contributed by atoms with Crippen LogP contribution in [0.15, 0.2) is 18.3 Å². The van der Waals surface area contributed by atoms with Crippen LogP contribution < -0.4 is 10.1 Å². The van der Waals surface area contributed by atoms with Gasteiger partial charge in [-0.25, -0.2) is 4.98 Å². The zero-order chi connectivity index (χ0) is 9.68. The van der Waals surface area contributed by atoms with E-state index in [-0.39, 0.29) is 5.78 Å². The SMILES string of the molecule is CNCC(=O)c1ccc(OC)nc1. The monoisotopic (exact) mass is 180 g/mol. The Balaban J connectivity index is 2.74. The van der Waals surface area contributed by atoms with Crippen molar-refractivity contribution in [3.8, 4) is 5.88 Å². The summed E-state index contributed by atoms with van der Waals surface area (Å²) in [6, 6.07) is 3.37. The first kappa shape index (κ1) is 9.67. The van der Waals surface area contributed by atoms with Crippen molar-refractivity contribution in [2.75, 3.05) is 20.7 Å². The number of ketones is 1. The number of carbonyl (C=O) groups excluding carboxylic acids is 1. The molecule has 13 heavy (non-hydrogen) atoms. The lowest BCUT2D eigenvalue weighted by molar-refractivity contribution is 0.0993. The minimum Gasteiger partial charge on any atom is -0.481 e. The van der Waals surface area contributed by atoms with Gasteiger partial charge in [-0.15, -0.1) is 0 Å². The van der Waals surface area contributed by atoms with Gasteiger partial charge in [-0.1, -0.05) is 0 Å². The van der Waals surface area contributed by atoms with E-state index in [0.717, 1.165) is 0 Å². The fourth-order valence-corrected chi connectivity index (χ4v) is 0.929. The van der Waals surface area contributed by atoms with Crippen molar-refractivity contribution in [2.45, 2.75) is 0 Å². The summed E-state index contributed by atoms with van der Waals surface area (Å²) in [4.78, 5) is 15.2. The first-order chi connectivity index (χ1) is 6.27. The molecule has 0 fully saturated rings. The smallest absolute Gasteiger partial charge is 0.212 e. The second-order valence-electron chi connectivity index (χ2n) is 2.54. The van der Waals surface area contributed by atoms with E-state index in [2.05, 4.69) is 10.3 Å². The summed E-state index contributed by atoms with van der Waals surface area (Å²) >= 11 is 0. The van der Waals surface area contributed by atoms with Gasteiger partial charge in [-0.3, -0.25) is 4.79 Å². The van der Waals surface area contributed by atoms with E-state index in [1.165, 1.54) is 13.3 Å². The van der Waals surface area contributed by atoms with Crippen molar-refractivity contribution in [1.82, 2.24) is 10.3 Å². The summed E-state index contributed by atoms with van der Waals surface area (Å²) in [5.41, 5.74) is 0.593. The van der Waals surface area contributed by atoms with Gasteiger partial charge < -0.3 is 10.1 Å². The third-order valence-electron chi connectivity index (χ3n) is 1.60. The number of pyridine rings is 1. The summed E-state index contributed by atoms with van der Waals surface area (Å²) < 4.78 is 4.87. The molecule has 0 aliphatic carbocycles. The average Bonchev–Trinajstić information content (AvgIpc) is 2.18. The van der Waals surface area contributed by atoms with Gasteiger partial charge in [0.05, 0.1) is 13.7 Å². The molecule has 0 saturated carbocycles. The fourth-order valence-electron chi connectivity index (χ4n) is 0.929.